The third-order valence-corrected chi connectivity index (χ3v) is 11.1. The molecule has 0 unspecified atom stereocenters. The van der Waals surface area contributed by atoms with Crippen molar-refractivity contribution in [2.45, 2.75) is 0 Å². The van der Waals surface area contributed by atoms with Crippen LogP contribution in [0.4, 0.5) is 0 Å². The van der Waals surface area contributed by atoms with Gasteiger partial charge in [-0.3, -0.25) is 9.55 Å². The van der Waals surface area contributed by atoms with E-state index in [0.29, 0.717) is 0 Å². The molecule has 4 heteroatoms. The van der Waals surface area contributed by atoms with Crippen LogP contribution in [0.25, 0.3) is 110 Å². The highest BCUT2D eigenvalue weighted by Crippen LogP contribution is 2.47. The lowest BCUT2D eigenvalue weighted by Crippen LogP contribution is -1.99. The zero-order valence-electron chi connectivity index (χ0n) is 28.0. The zero-order valence-corrected chi connectivity index (χ0v) is 28.0. The van der Waals surface area contributed by atoms with Crippen LogP contribution in [-0.2, 0) is 0 Å². The first-order valence-electron chi connectivity index (χ1n) is 17.7. The van der Waals surface area contributed by atoms with Gasteiger partial charge in [-0.1, -0.05) is 103 Å². The van der Waals surface area contributed by atoms with Crippen LogP contribution in [0.3, 0.4) is 0 Å². The summed E-state index contributed by atoms with van der Waals surface area (Å²) >= 11 is 0. The number of aromatic nitrogens is 4. The van der Waals surface area contributed by atoms with Gasteiger partial charge in [0.05, 0.1) is 27.8 Å². The molecule has 1 aliphatic rings. The van der Waals surface area contributed by atoms with Crippen LogP contribution in [0.15, 0.2) is 170 Å². The van der Waals surface area contributed by atoms with Crippen LogP contribution in [-0.4, -0.2) is 19.1 Å². The normalized spacial score (nSPS) is 12.2. The van der Waals surface area contributed by atoms with E-state index in [0.717, 1.165) is 22.6 Å². The first kappa shape index (κ1) is 27.7. The molecule has 0 radical (unpaired) electrons. The Bertz CT molecular complexity index is 3290. The number of fused-ring (bicyclic) bond motifs is 11. The summed E-state index contributed by atoms with van der Waals surface area (Å²) in [6, 6.07) is 57.4. The average molecular weight is 661 g/mol. The van der Waals surface area contributed by atoms with Crippen LogP contribution in [0.1, 0.15) is 0 Å². The van der Waals surface area contributed by atoms with Crippen molar-refractivity contribution in [1.29, 1.82) is 0 Å². The molecule has 0 aliphatic heterocycles. The highest BCUT2D eigenvalue weighted by Gasteiger charge is 2.25. The van der Waals surface area contributed by atoms with Crippen molar-refractivity contribution >= 4 is 65.2 Å². The van der Waals surface area contributed by atoms with Crippen LogP contribution >= 0.6 is 0 Å². The standard InChI is InChI=1S/C48H28N4/c1-2-11-33(12-3-1)51-42-16-7-6-14-36(42)39-25-30(18-21-43(39)51)31-19-22-44-40(26-31)38-20-17-29-9-4-5-13-34(29)48(38)52(44)45-27-32-10-8-15-37-35-23-24-49-28-41(35)47(50-45)46(32)37/h1-28H. The van der Waals surface area contributed by atoms with Gasteiger partial charge in [-0.05, 0) is 87.6 Å². The summed E-state index contributed by atoms with van der Waals surface area (Å²) in [5.41, 5.74) is 12.8. The first-order valence-corrected chi connectivity index (χ1v) is 17.7. The SMILES string of the molecule is c1ccc(-n2c3ccccc3c3cc(-c4ccc5c(c4)c4ccc6ccccc6c4n5-c4cc5cccc6c5c(n4)-c4cnccc4-6)ccc32)cc1. The molecule has 0 atom stereocenters. The van der Waals surface area contributed by atoms with Crippen molar-refractivity contribution < 1.29 is 0 Å². The maximum atomic E-state index is 5.45. The second kappa shape index (κ2) is 10.3. The molecule has 52 heavy (non-hydrogen) atoms. The van der Waals surface area contributed by atoms with Crippen molar-refractivity contribution in [3.8, 4) is 45.0 Å². The summed E-state index contributed by atoms with van der Waals surface area (Å²) in [6.45, 7) is 0. The number of hydrogen-bond acceptors (Lipinski definition) is 2. The van der Waals surface area contributed by atoms with E-state index in [1.54, 1.807) is 0 Å². The van der Waals surface area contributed by atoms with Gasteiger partial charge in [-0.2, -0.15) is 0 Å². The van der Waals surface area contributed by atoms with E-state index < -0.39 is 0 Å². The molecular formula is C48H28N4. The minimum atomic E-state index is 0.913. The van der Waals surface area contributed by atoms with E-state index in [2.05, 4.69) is 172 Å². The summed E-state index contributed by atoms with van der Waals surface area (Å²) in [6.07, 6.45) is 3.84. The molecule has 4 aromatic heterocycles. The Hall–Kier alpha value is -7.04. The largest absolute Gasteiger partial charge is 0.309 e. The second-order valence-electron chi connectivity index (χ2n) is 13.8. The van der Waals surface area contributed by atoms with Gasteiger partial charge in [-0.25, -0.2) is 4.98 Å². The number of nitrogens with zero attached hydrogens (tertiary/aromatic N) is 4. The molecule has 12 rings (SSSR count). The molecule has 11 aromatic rings. The molecule has 0 amide bonds. The summed E-state index contributed by atoms with van der Waals surface area (Å²) in [5, 5.41) is 9.73. The number of rotatable bonds is 3. The zero-order chi connectivity index (χ0) is 33.9. The smallest absolute Gasteiger partial charge is 0.138 e. The van der Waals surface area contributed by atoms with Gasteiger partial charge in [-0.15, -0.1) is 0 Å². The van der Waals surface area contributed by atoms with E-state index in [9.17, 15) is 0 Å². The van der Waals surface area contributed by atoms with Crippen LogP contribution in [0.5, 0.6) is 0 Å². The number of benzene rings is 7. The van der Waals surface area contributed by atoms with Gasteiger partial charge in [0.2, 0.25) is 0 Å². The molecule has 0 bridgehead atoms. The summed E-state index contributed by atoms with van der Waals surface area (Å²) < 4.78 is 4.75. The molecule has 4 heterocycles. The van der Waals surface area contributed by atoms with Crippen molar-refractivity contribution in [2.24, 2.45) is 0 Å². The Balaban J connectivity index is 1.12. The molecule has 0 saturated heterocycles. The fraction of sp³-hybridized carbons (Fsp3) is 0. The summed E-state index contributed by atoms with van der Waals surface area (Å²) in [5.74, 6) is 0.913. The van der Waals surface area contributed by atoms with Crippen molar-refractivity contribution in [3.05, 3.63) is 170 Å². The average Bonchev–Trinajstić information content (AvgIpc) is 3.84. The van der Waals surface area contributed by atoms with Crippen LogP contribution < -0.4 is 0 Å². The number of hydrogen-bond donors (Lipinski definition) is 0. The lowest BCUT2D eigenvalue weighted by Gasteiger charge is -2.12. The van der Waals surface area contributed by atoms with E-state index in [-0.39, 0.29) is 0 Å². The minimum absolute atomic E-state index is 0.913. The van der Waals surface area contributed by atoms with Gasteiger partial charge < -0.3 is 4.57 Å². The number of para-hydroxylation sites is 2. The van der Waals surface area contributed by atoms with E-state index in [1.165, 1.54) is 87.6 Å². The van der Waals surface area contributed by atoms with Gasteiger partial charge in [0.25, 0.3) is 0 Å². The Morgan fingerprint density at radius 2 is 1.13 bits per heavy atom. The highest BCUT2D eigenvalue weighted by atomic mass is 15.1. The lowest BCUT2D eigenvalue weighted by molar-refractivity contribution is 1.10. The molecule has 0 N–H and O–H groups in total. The quantitative estimate of drug-likeness (QED) is 0.189. The molecule has 0 fully saturated rings. The van der Waals surface area contributed by atoms with Gasteiger partial charge in [0.15, 0.2) is 0 Å². The Morgan fingerprint density at radius 3 is 2.00 bits per heavy atom. The van der Waals surface area contributed by atoms with Crippen molar-refractivity contribution in [1.82, 2.24) is 19.1 Å². The molecule has 240 valence electrons. The molecule has 4 nitrogen and oxygen atoms in total. The summed E-state index contributed by atoms with van der Waals surface area (Å²) in [4.78, 5) is 9.96. The van der Waals surface area contributed by atoms with E-state index in [4.69, 9.17) is 4.98 Å². The molecule has 0 spiro atoms. The monoisotopic (exact) mass is 660 g/mol. The number of pyridine rings is 2. The molecular weight excluding hydrogens is 633 g/mol. The van der Waals surface area contributed by atoms with E-state index in [1.807, 2.05) is 12.4 Å². The summed E-state index contributed by atoms with van der Waals surface area (Å²) in [7, 11) is 0. The predicted octanol–water partition coefficient (Wildman–Crippen LogP) is 12.3. The Morgan fingerprint density at radius 1 is 0.423 bits per heavy atom. The Labute approximate surface area is 298 Å². The second-order valence-corrected chi connectivity index (χ2v) is 13.8. The maximum absolute atomic E-state index is 5.45. The third kappa shape index (κ3) is 3.70. The van der Waals surface area contributed by atoms with Crippen LogP contribution in [0, 0.1) is 0 Å². The Kier molecular flexibility index (Phi) is 5.47. The first-order chi connectivity index (χ1) is 25.8. The predicted molar refractivity (Wildman–Crippen MR) is 216 cm³/mol. The third-order valence-electron chi connectivity index (χ3n) is 11.1. The minimum Gasteiger partial charge on any atom is -0.309 e. The van der Waals surface area contributed by atoms with Crippen molar-refractivity contribution in [3.63, 3.8) is 0 Å². The van der Waals surface area contributed by atoms with E-state index >= 15 is 0 Å². The van der Waals surface area contributed by atoms with Gasteiger partial charge >= 0.3 is 0 Å². The fourth-order valence-corrected chi connectivity index (χ4v) is 8.85. The van der Waals surface area contributed by atoms with Crippen LogP contribution in [0.2, 0.25) is 0 Å². The lowest BCUT2D eigenvalue weighted by atomic mass is 10.00. The maximum Gasteiger partial charge on any atom is 0.138 e. The van der Waals surface area contributed by atoms with Crippen molar-refractivity contribution in [2.75, 3.05) is 0 Å². The molecule has 1 aliphatic carbocycles. The topological polar surface area (TPSA) is 35.6 Å². The fourth-order valence-electron chi connectivity index (χ4n) is 8.85. The van der Waals surface area contributed by atoms with Gasteiger partial charge in [0.1, 0.15) is 5.82 Å². The molecule has 7 aromatic carbocycles. The highest BCUT2D eigenvalue weighted by molar-refractivity contribution is 6.20. The molecule has 0 saturated carbocycles. The van der Waals surface area contributed by atoms with Gasteiger partial charge in [0, 0.05) is 56.0 Å².